The predicted octanol–water partition coefficient (Wildman–Crippen LogP) is 1.58. The lowest BCUT2D eigenvalue weighted by Gasteiger charge is -2.32. The van der Waals surface area contributed by atoms with E-state index in [1.165, 1.54) is 67.8 Å². The minimum atomic E-state index is -1.99. The van der Waals surface area contributed by atoms with Crippen LogP contribution >= 0.6 is 0 Å². The molecular formula is C74H114N12O20. The number of fused-ring (bicyclic) bond motifs is 23. The van der Waals surface area contributed by atoms with Crippen LogP contribution in [-0.2, 0) is 80.0 Å². The Hall–Kier alpha value is -9.30. The number of nitrogens with one attached hydrogen (secondary N) is 9. The zero-order chi connectivity index (χ0) is 78.7. The number of benzene rings is 2. The van der Waals surface area contributed by atoms with E-state index in [1.807, 2.05) is 0 Å². The molecule has 0 unspecified atom stereocenters. The number of esters is 1. The van der Waals surface area contributed by atoms with Crippen LogP contribution in [0.5, 0.6) is 11.5 Å². The lowest BCUT2D eigenvalue weighted by Crippen LogP contribution is -2.62. The number of aliphatic carboxylic acids is 2. The summed E-state index contributed by atoms with van der Waals surface area (Å²) < 4.78 is 5.83. The molecule has 32 heteroatoms. The molecule has 0 saturated carbocycles. The first kappa shape index (κ1) is 89.1. The maximum absolute atomic E-state index is 14.9. The van der Waals surface area contributed by atoms with Crippen molar-refractivity contribution in [3.05, 3.63) is 59.7 Å². The van der Waals surface area contributed by atoms with Crippen LogP contribution in [-0.4, -0.2) is 199 Å². The van der Waals surface area contributed by atoms with Gasteiger partial charge in [0.05, 0.1) is 18.6 Å². The SMILES string of the molecule is CC[C@H](C)[C@@H]1NC(=O)[C@@H](Cc2ccc(O)cc2)NC(=O)[C@H](CCC(N)=O)NC(=O)[C@@H]2CCCN2C(=O)[C@@H](C(C)C)NC(=O)[C@H](CCC(=O)O)NC(=O)[C@@H]([C@H](C)O)NC(=O)[C@@H](NC(=O)[C@H](CCCN)NC(=O)[C@H](CCC(=O)O)NC(=O)C[C@@H](O)CCCCCCCCCCC(C)C)Cc2ccc(cc2)OC1=O. The number of aromatic hydroxyl groups is 1. The third-order valence-corrected chi connectivity index (χ3v) is 18.8. The Balaban J connectivity index is 1.78. The van der Waals surface area contributed by atoms with Gasteiger partial charge in [0, 0.05) is 38.6 Å². The minimum absolute atomic E-state index is 0.0237. The number of rotatable bonds is 36. The van der Waals surface area contributed by atoms with Crippen molar-refractivity contribution >= 4 is 82.9 Å². The highest BCUT2D eigenvalue weighted by molar-refractivity contribution is 6.00. The molecule has 106 heavy (non-hydrogen) atoms. The second-order valence-corrected chi connectivity index (χ2v) is 28.5. The zero-order valence-electron chi connectivity index (χ0n) is 62.1. The molecule has 0 aliphatic carbocycles. The molecule has 590 valence electrons. The topological polar surface area (TPSA) is 513 Å². The lowest BCUT2D eigenvalue weighted by atomic mass is 9.97. The average molecular weight is 1490 g/mol. The summed E-state index contributed by atoms with van der Waals surface area (Å²) in [4.78, 5) is 196. The van der Waals surface area contributed by atoms with Crippen molar-refractivity contribution in [2.45, 2.75) is 275 Å². The number of phenolic OH excluding ortho intramolecular Hbond substituents is 1. The van der Waals surface area contributed by atoms with Crippen molar-refractivity contribution < 1.29 is 97.4 Å². The predicted molar refractivity (Wildman–Crippen MR) is 388 cm³/mol. The number of unbranched alkanes of at least 4 members (excludes halogenated alkanes) is 7. The quantitative estimate of drug-likeness (QED) is 0.0199. The van der Waals surface area contributed by atoms with Crippen molar-refractivity contribution in [2.24, 2.45) is 29.2 Å². The van der Waals surface area contributed by atoms with Crippen LogP contribution < -0.4 is 64.1 Å². The second kappa shape index (κ2) is 45.9. The van der Waals surface area contributed by atoms with Gasteiger partial charge in [-0.3, -0.25) is 62.3 Å². The number of aliphatic hydroxyl groups excluding tert-OH is 2. The number of ether oxygens (including phenoxy) is 1. The molecule has 1 saturated heterocycles. The van der Waals surface area contributed by atoms with Crippen molar-refractivity contribution in [2.75, 3.05) is 13.1 Å². The van der Waals surface area contributed by atoms with Gasteiger partial charge in [0.25, 0.3) is 0 Å². The number of hydrogen-bond acceptors (Lipinski definition) is 19. The number of hydrogen-bond donors (Lipinski definition) is 16. The Bertz CT molecular complexity index is 3260. The Kier molecular flexibility index (Phi) is 38.6. The first-order valence-electron chi connectivity index (χ1n) is 37.1. The zero-order valence-corrected chi connectivity index (χ0v) is 62.1. The number of carboxylic acid groups (broad SMARTS) is 2. The number of carbonyl (C=O) groups is 14. The average Bonchev–Trinajstić information content (AvgIpc) is 1.61. The van der Waals surface area contributed by atoms with Crippen LogP contribution in [0.25, 0.3) is 0 Å². The van der Waals surface area contributed by atoms with E-state index in [4.69, 9.17) is 16.2 Å². The minimum Gasteiger partial charge on any atom is -0.508 e. The van der Waals surface area contributed by atoms with Gasteiger partial charge in [-0.25, -0.2) is 4.79 Å². The van der Waals surface area contributed by atoms with Crippen molar-refractivity contribution in [3.63, 3.8) is 0 Å². The highest BCUT2D eigenvalue weighted by Gasteiger charge is 2.43. The highest BCUT2D eigenvalue weighted by Crippen LogP contribution is 2.24. The number of carbonyl (C=O) groups excluding carboxylic acids is 12. The van der Waals surface area contributed by atoms with Crippen LogP contribution in [0.15, 0.2) is 48.5 Å². The van der Waals surface area contributed by atoms with E-state index in [0.29, 0.717) is 30.7 Å². The van der Waals surface area contributed by atoms with Gasteiger partial charge in [-0.05, 0) is 118 Å². The maximum atomic E-state index is 14.9. The van der Waals surface area contributed by atoms with Crippen molar-refractivity contribution in [1.29, 1.82) is 0 Å². The number of aliphatic hydroxyl groups is 2. The van der Waals surface area contributed by atoms with E-state index >= 15 is 0 Å². The van der Waals surface area contributed by atoms with E-state index in [0.717, 1.165) is 43.9 Å². The Morgan fingerprint density at radius 2 is 1.14 bits per heavy atom. The molecule has 1 fully saturated rings. The van der Waals surface area contributed by atoms with E-state index in [9.17, 15) is 92.7 Å². The molecule has 13 atom stereocenters. The summed E-state index contributed by atoms with van der Waals surface area (Å²) in [6.45, 7) is 11.9. The first-order valence-corrected chi connectivity index (χ1v) is 37.1. The number of amides is 11. The number of primary amides is 1. The molecular weight excluding hydrogens is 1380 g/mol. The van der Waals surface area contributed by atoms with Crippen LogP contribution in [0.1, 0.15) is 201 Å². The van der Waals surface area contributed by atoms with Gasteiger partial charge in [-0.2, -0.15) is 0 Å². The summed E-state index contributed by atoms with van der Waals surface area (Å²) >= 11 is 0. The molecule has 2 aromatic rings. The van der Waals surface area contributed by atoms with Crippen LogP contribution in [0.2, 0.25) is 0 Å². The summed E-state index contributed by atoms with van der Waals surface area (Å²) in [5.74, 6) is -15.4. The second-order valence-electron chi connectivity index (χ2n) is 28.5. The van der Waals surface area contributed by atoms with Gasteiger partial charge in [-0.15, -0.1) is 0 Å². The largest absolute Gasteiger partial charge is 0.508 e. The molecule has 32 nitrogen and oxygen atoms in total. The molecule has 0 spiro atoms. The summed E-state index contributed by atoms with van der Waals surface area (Å²) in [6, 6.07) is -4.88. The number of nitrogens with zero attached hydrogens (tertiary/aromatic N) is 1. The fourth-order valence-corrected chi connectivity index (χ4v) is 12.4. The number of phenols is 1. The fourth-order valence-electron chi connectivity index (χ4n) is 12.4. The molecule has 2 aromatic carbocycles. The van der Waals surface area contributed by atoms with Crippen LogP contribution in [0.4, 0.5) is 0 Å². The Morgan fingerprint density at radius 3 is 1.72 bits per heavy atom. The Morgan fingerprint density at radius 1 is 0.594 bits per heavy atom. The van der Waals surface area contributed by atoms with Gasteiger partial charge in [0.15, 0.2) is 0 Å². The molecule has 0 aromatic heterocycles. The summed E-state index contributed by atoms with van der Waals surface area (Å²) in [6.07, 6.45) is 2.76. The van der Waals surface area contributed by atoms with Gasteiger partial charge in [-0.1, -0.05) is 130 Å². The van der Waals surface area contributed by atoms with Gasteiger partial charge < -0.3 is 94.5 Å². The van der Waals surface area contributed by atoms with Crippen molar-refractivity contribution in [1.82, 2.24) is 52.8 Å². The summed E-state index contributed by atoms with van der Waals surface area (Å²) in [7, 11) is 0. The summed E-state index contributed by atoms with van der Waals surface area (Å²) in [5.41, 5.74) is 12.1. The van der Waals surface area contributed by atoms with Crippen molar-refractivity contribution in [3.8, 4) is 11.5 Å². The Labute approximate surface area is 619 Å². The maximum Gasteiger partial charge on any atom is 0.334 e. The first-order chi connectivity index (χ1) is 50.2. The van der Waals surface area contributed by atoms with Crippen LogP contribution in [0.3, 0.4) is 0 Å². The molecule has 2 bridgehead atoms. The van der Waals surface area contributed by atoms with E-state index < -0.39 is 219 Å². The van der Waals surface area contributed by atoms with Gasteiger partial charge in [0.2, 0.25) is 65.0 Å². The normalized spacial score (nSPS) is 21.9. The smallest absolute Gasteiger partial charge is 0.334 e. The fraction of sp³-hybridized carbons (Fsp3) is 0.649. The number of nitrogens with two attached hydrogens (primary N) is 2. The standard InChI is InChI=1S/C74H114N12O20/c1-8-44(6)63-74(105)106-50-29-25-47(26-30-50)40-56(81-65(96)51(21-17-37-75)78-66(97)52(32-35-60(92)93)77-59(91)41-49(89)20-16-14-12-10-9-11-13-15-19-42(2)3)70(101)85-64(45(7)87)72(103)80-54(33-36-61(94)95)68(99)83-62(43(4)5)73(104)86-38-18-22-57(86)71(102)79-53(31-34-58(76)90)67(98)82-55(69(100)84-63)39-46-23-27-48(88)28-24-46/h23-30,42-45,49,51-57,62-64,87-89H,8-22,31-41,75H2,1-7H3,(H2,76,90)(H,77,91)(H,78,97)(H,79,102)(H,80,103)(H,81,96)(H,82,98)(H,83,99)(H,84,100)(H,85,101)(H,92,93)(H,94,95)/t44-,45-,49-,51-,52-,53-,54-,55+,56-,57-,62+,63-,64+/m0/s1. The summed E-state index contributed by atoms with van der Waals surface area (Å²) in [5, 5.41) is 74.6. The molecule has 3 heterocycles. The molecule has 11 amide bonds. The van der Waals surface area contributed by atoms with Gasteiger partial charge >= 0.3 is 17.9 Å². The third kappa shape index (κ3) is 31.4. The molecule has 3 aliphatic rings. The monoisotopic (exact) mass is 1490 g/mol. The molecule has 18 N–H and O–H groups in total. The molecule has 3 aliphatic heterocycles. The van der Waals surface area contributed by atoms with E-state index in [1.54, 1.807) is 27.7 Å². The van der Waals surface area contributed by atoms with E-state index in [-0.39, 0.29) is 62.3 Å². The van der Waals surface area contributed by atoms with Crippen LogP contribution in [0, 0.1) is 17.8 Å². The number of carboxylic acids is 2. The molecule has 0 radical (unpaired) electrons. The third-order valence-electron chi connectivity index (χ3n) is 18.8. The molecule has 5 rings (SSSR count). The van der Waals surface area contributed by atoms with Gasteiger partial charge in [0.1, 0.15) is 71.9 Å². The highest BCUT2D eigenvalue weighted by atomic mass is 16.5. The lowest BCUT2D eigenvalue weighted by molar-refractivity contribution is -0.144. The van der Waals surface area contributed by atoms with E-state index in [2.05, 4.69) is 61.7 Å².